The summed E-state index contributed by atoms with van der Waals surface area (Å²) in [5, 5.41) is 3.43. The van der Waals surface area contributed by atoms with Gasteiger partial charge in [0.15, 0.2) is 0 Å². The SMILES string of the molecule is CC[C@@H](C)NCCOc1cc(C)cc(C(C)C)c1. The van der Waals surface area contributed by atoms with Crippen LogP contribution in [0.5, 0.6) is 5.75 Å². The van der Waals surface area contributed by atoms with E-state index in [4.69, 9.17) is 4.74 Å². The Kier molecular flexibility index (Phi) is 6.20. The van der Waals surface area contributed by atoms with E-state index in [1.807, 2.05) is 0 Å². The fourth-order valence-corrected chi connectivity index (χ4v) is 1.81. The fraction of sp³-hybridized carbons (Fsp3) is 0.625. The highest BCUT2D eigenvalue weighted by Crippen LogP contribution is 2.22. The maximum absolute atomic E-state index is 5.81. The van der Waals surface area contributed by atoms with E-state index in [1.165, 1.54) is 11.1 Å². The molecule has 0 radical (unpaired) electrons. The van der Waals surface area contributed by atoms with E-state index in [0.29, 0.717) is 12.0 Å². The van der Waals surface area contributed by atoms with Crippen molar-refractivity contribution in [3.05, 3.63) is 29.3 Å². The van der Waals surface area contributed by atoms with E-state index in [2.05, 4.69) is 58.1 Å². The largest absolute Gasteiger partial charge is 0.492 e. The second-order valence-electron chi connectivity index (χ2n) is 5.35. The second-order valence-corrected chi connectivity index (χ2v) is 5.35. The minimum absolute atomic E-state index is 0.547. The summed E-state index contributed by atoms with van der Waals surface area (Å²) in [6.07, 6.45) is 1.15. The number of nitrogens with one attached hydrogen (secondary N) is 1. The average Bonchev–Trinajstić information content (AvgIpc) is 2.33. The van der Waals surface area contributed by atoms with Crippen LogP contribution >= 0.6 is 0 Å². The van der Waals surface area contributed by atoms with E-state index >= 15 is 0 Å². The van der Waals surface area contributed by atoms with Crippen molar-refractivity contribution in [1.82, 2.24) is 5.32 Å². The van der Waals surface area contributed by atoms with E-state index in [9.17, 15) is 0 Å². The van der Waals surface area contributed by atoms with Gasteiger partial charge in [-0.05, 0) is 49.4 Å². The lowest BCUT2D eigenvalue weighted by molar-refractivity contribution is 0.305. The highest BCUT2D eigenvalue weighted by Gasteiger charge is 2.03. The molecule has 0 aliphatic rings. The number of hydrogen-bond donors (Lipinski definition) is 1. The molecule has 0 aromatic heterocycles. The molecule has 2 nitrogen and oxygen atoms in total. The van der Waals surface area contributed by atoms with Gasteiger partial charge in [0.1, 0.15) is 12.4 Å². The molecule has 1 aromatic rings. The summed E-state index contributed by atoms with van der Waals surface area (Å²) >= 11 is 0. The summed E-state index contributed by atoms with van der Waals surface area (Å²) in [6, 6.07) is 7.06. The van der Waals surface area contributed by atoms with Crippen LogP contribution in [0.1, 0.15) is 51.2 Å². The molecule has 0 bridgehead atoms. The molecule has 102 valence electrons. The van der Waals surface area contributed by atoms with Crippen molar-refractivity contribution in [3.63, 3.8) is 0 Å². The number of benzene rings is 1. The fourth-order valence-electron chi connectivity index (χ4n) is 1.81. The Morgan fingerprint density at radius 3 is 2.50 bits per heavy atom. The van der Waals surface area contributed by atoms with Gasteiger partial charge < -0.3 is 10.1 Å². The van der Waals surface area contributed by atoms with Gasteiger partial charge in [0.25, 0.3) is 0 Å². The molecule has 18 heavy (non-hydrogen) atoms. The molecule has 0 heterocycles. The molecular weight excluding hydrogens is 222 g/mol. The van der Waals surface area contributed by atoms with Gasteiger partial charge in [-0.2, -0.15) is 0 Å². The molecule has 0 spiro atoms. The van der Waals surface area contributed by atoms with Crippen LogP contribution in [0.2, 0.25) is 0 Å². The van der Waals surface area contributed by atoms with Crippen molar-refractivity contribution in [1.29, 1.82) is 0 Å². The third-order valence-corrected chi connectivity index (χ3v) is 3.22. The molecule has 1 atom stereocenters. The van der Waals surface area contributed by atoms with Crippen LogP contribution in [0.15, 0.2) is 18.2 Å². The molecule has 1 N–H and O–H groups in total. The molecule has 1 rings (SSSR count). The van der Waals surface area contributed by atoms with E-state index in [0.717, 1.165) is 25.3 Å². The smallest absolute Gasteiger partial charge is 0.119 e. The zero-order valence-electron chi connectivity index (χ0n) is 12.4. The highest BCUT2D eigenvalue weighted by atomic mass is 16.5. The predicted molar refractivity (Wildman–Crippen MR) is 78.5 cm³/mol. The summed E-state index contributed by atoms with van der Waals surface area (Å²) in [7, 11) is 0. The van der Waals surface area contributed by atoms with Crippen LogP contribution in [-0.2, 0) is 0 Å². The van der Waals surface area contributed by atoms with Crippen molar-refractivity contribution in [2.45, 2.75) is 53.0 Å². The van der Waals surface area contributed by atoms with E-state index in [-0.39, 0.29) is 0 Å². The lowest BCUT2D eigenvalue weighted by Crippen LogP contribution is -2.29. The average molecular weight is 249 g/mol. The molecule has 0 aliphatic carbocycles. The maximum atomic E-state index is 5.81. The lowest BCUT2D eigenvalue weighted by atomic mass is 10.0. The van der Waals surface area contributed by atoms with Gasteiger partial charge in [0.2, 0.25) is 0 Å². The Balaban J connectivity index is 2.47. The Labute approximate surface area is 112 Å². The quantitative estimate of drug-likeness (QED) is 0.740. The minimum atomic E-state index is 0.547. The summed E-state index contributed by atoms with van der Waals surface area (Å²) in [4.78, 5) is 0. The van der Waals surface area contributed by atoms with Crippen LogP contribution in [-0.4, -0.2) is 19.2 Å². The van der Waals surface area contributed by atoms with Crippen molar-refractivity contribution >= 4 is 0 Å². The zero-order chi connectivity index (χ0) is 13.5. The number of aryl methyl sites for hydroxylation is 1. The monoisotopic (exact) mass is 249 g/mol. The molecule has 0 amide bonds. The predicted octanol–water partition coefficient (Wildman–Crippen LogP) is 3.89. The highest BCUT2D eigenvalue weighted by molar-refractivity contribution is 5.35. The molecule has 1 aromatic carbocycles. The van der Waals surface area contributed by atoms with Crippen LogP contribution in [0.3, 0.4) is 0 Å². The summed E-state index contributed by atoms with van der Waals surface area (Å²) < 4.78 is 5.81. The Morgan fingerprint density at radius 1 is 1.17 bits per heavy atom. The van der Waals surface area contributed by atoms with Crippen LogP contribution in [0.25, 0.3) is 0 Å². The second kappa shape index (κ2) is 7.42. The topological polar surface area (TPSA) is 21.3 Å². The summed E-state index contributed by atoms with van der Waals surface area (Å²) in [6.45, 7) is 12.6. The molecule has 0 fully saturated rings. The van der Waals surface area contributed by atoms with Crippen LogP contribution in [0.4, 0.5) is 0 Å². The van der Waals surface area contributed by atoms with E-state index < -0.39 is 0 Å². The Hall–Kier alpha value is -1.02. The van der Waals surface area contributed by atoms with Crippen molar-refractivity contribution in [3.8, 4) is 5.75 Å². The first-order valence-electron chi connectivity index (χ1n) is 7.00. The van der Waals surface area contributed by atoms with Gasteiger partial charge in [0, 0.05) is 12.6 Å². The first-order valence-corrected chi connectivity index (χ1v) is 7.00. The van der Waals surface area contributed by atoms with Gasteiger partial charge in [-0.3, -0.25) is 0 Å². The number of rotatable bonds is 7. The van der Waals surface area contributed by atoms with Crippen LogP contribution in [0, 0.1) is 6.92 Å². The third-order valence-electron chi connectivity index (χ3n) is 3.22. The summed E-state index contributed by atoms with van der Waals surface area (Å²) in [5.41, 5.74) is 2.62. The standard InChI is InChI=1S/C16H27NO/c1-6-14(5)17-7-8-18-16-10-13(4)9-15(11-16)12(2)3/h9-12,14,17H,6-8H2,1-5H3/t14-/m1/s1. The van der Waals surface area contributed by atoms with Gasteiger partial charge in [0.05, 0.1) is 0 Å². The van der Waals surface area contributed by atoms with Crippen molar-refractivity contribution in [2.24, 2.45) is 0 Å². The number of hydrogen-bond acceptors (Lipinski definition) is 2. The zero-order valence-corrected chi connectivity index (χ0v) is 12.4. The third kappa shape index (κ3) is 5.09. The lowest BCUT2D eigenvalue weighted by Gasteiger charge is -2.14. The first-order chi connectivity index (χ1) is 8.52. The van der Waals surface area contributed by atoms with Gasteiger partial charge >= 0.3 is 0 Å². The molecular formula is C16H27NO. The Bertz CT molecular complexity index is 360. The van der Waals surface area contributed by atoms with Gasteiger partial charge in [-0.1, -0.05) is 26.8 Å². The first kappa shape index (κ1) is 15.0. The molecule has 0 aliphatic heterocycles. The molecule has 2 heteroatoms. The normalized spacial score (nSPS) is 12.8. The van der Waals surface area contributed by atoms with Gasteiger partial charge in [-0.15, -0.1) is 0 Å². The molecule has 0 saturated carbocycles. The molecule has 0 saturated heterocycles. The van der Waals surface area contributed by atoms with E-state index in [1.54, 1.807) is 0 Å². The summed E-state index contributed by atoms with van der Waals surface area (Å²) in [5.74, 6) is 1.54. The van der Waals surface area contributed by atoms with Crippen molar-refractivity contribution < 1.29 is 4.74 Å². The maximum Gasteiger partial charge on any atom is 0.119 e. The van der Waals surface area contributed by atoms with Gasteiger partial charge in [-0.25, -0.2) is 0 Å². The van der Waals surface area contributed by atoms with Crippen molar-refractivity contribution in [2.75, 3.05) is 13.2 Å². The number of ether oxygens (including phenoxy) is 1. The minimum Gasteiger partial charge on any atom is -0.492 e. The Morgan fingerprint density at radius 2 is 1.89 bits per heavy atom. The van der Waals surface area contributed by atoms with Crippen LogP contribution < -0.4 is 10.1 Å². The molecule has 0 unspecified atom stereocenters.